The van der Waals surface area contributed by atoms with Crippen molar-refractivity contribution in [3.8, 4) is 0 Å². The predicted molar refractivity (Wildman–Crippen MR) is 77.0 cm³/mol. The van der Waals surface area contributed by atoms with Gasteiger partial charge in [0.2, 0.25) is 0 Å². The van der Waals surface area contributed by atoms with E-state index < -0.39 is 18.0 Å². The number of amidine groups is 1. The van der Waals surface area contributed by atoms with E-state index in [0.717, 1.165) is 24.7 Å². The van der Waals surface area contributed by atoms with Crippen LogP contribution in [0.15, 0.2) is 22.0 Å². The molecule has 118 valence electrons. The smallest absolute Gasteiger partial charge is 0.358 e. The number of hydrogen-bond acceptors (Lipinski definition) is 4. The van der Waals surface area contributed by atoms with Gasteiger partial charge in [-0.05, 0) is 43.3 Å². The van der Waals surface area contributed by atoms with Gasteiger partial charge in [0, 0.05) is 12.5 Å². The largest absolute Gasteiger partial charge is 0.408 e. The van der Waals surface area contributed by atoms with Crippen LogP contribution in [0, 0.1) is 11.7 Å². The number of fused-ring (bicyclic) bond motifs is 1. The van der Waals surface area contributed by atoms with Crippen molar-refractivity contribution in [1.82, 2.24) is 4.72 Å². The molecular weight excluding hydrogens is 318 g/mol. The van der Waals surface area contributed by atoms with Crippen LogP contribution in [0.5, 0.6) is 0 Å². The van der Waals surface area contributed by atoms with Crippen LogP contribution in [0.25, 0.3) is 0 Å². The highest BCUT2D eigenvalue weighted by atomic mass is 32.2. The second kappa shape index (κ2) is 4.78. The molecular formula is C14H13F4N3S. The van der Waals surface area contributed by atoms with E-state index in [2.05, 4.69) is 9.71 Å². The molecule has 1 saturated heterocycles. The fourth-order valence-electron chi connectivity index (χ4n) is 2.77. The van der Waals surface area contributed by atoms with Gasteiger partial charge < -0.3 is 9.62 Å². The van der Waals surface area contributed by atoms with E-state index in [4.69, 9.17) is 0 Å². The van der Waals surface area contributed by atoms with Gasteiger partial charge in [-0.3, -0.25) is 0 Å². The lowest BCUT2D eigenvalue weighted by Crippen LogP contribution is -2.56. The maximum absolute atomic E-state index is 13.8. The van der Waals surface area contributed by atoms with Gasteiger partial charge in [0.05, 0.1) is 10.6 Å². The van der Waals surface area contributed by atoms with Crippen molar-refractivity contribution in [2.45, 2.75) is 36.4 Å². The number of hydrogen-bond donors (Lipinski definition) is 1. The molecule has 22 heavy (non-hydrogen) atoms. The molecule has 8 heteroatoms. The van der Waals surface area contributed by atoms with Gasteiger partial charge in [0.15, 0.2) is 0 Å². The molecule has 0 aromatic heterocycles. The van der Waals surface area contributed by atoms with Crippen LogP contribution in [0.3, 0.4) is 0 Å². The quantitative estimate of drug-likeness (QED) is 0.655. The van der Waals surface area contributed by atoms with Crippen molar-refractivity contribution < 1.29 is 17.6 Å². The molecule has 0 bridgehead atoms. The van der Waals surface area contributed by atoms with Gasteiger partial charge in [-0.2, -0.15) is 13.2 Å². The molecule has 3 aliphatic rings. The Morgan fingerprint density at radius 3 is 2.59 bits per heavy atom. The number of aliphatic imine (C=N–C) groups is 1. The third-order valence-corrected chi connectivity index (χ3v) is 5.03. The summed E-state index contributed by atoms with van der Waals surface area (Å²) in [4.78, 5) is 6.22. The molecule has 1 aromatic carbocycles. The highest BCUT2D eigenvalue weighted by Crippen LogP contribution is 2.47. The van der Waals surface area contributed by atoms with Crippen LogP contribution in [-0.2, 0) is 0 Å². The Labute approximate surface area is 128 Å². The topological polar surface area (TPSA) is 27.6 Å². The third-order valence-electron chi connectivity index (χ3n) is 4.19. The molecule has 1 saturated carbocycles. The third kappa shape index (κ3) is 2.33. The second-order valence-electron chi connectivity index (χ2n) is 5.79. The highest BCUT2D eigenvalue weighted by molar-refractivity contribution is 7.98. The first-order chi connectivity index (χ1) is 10.4. The SMILES string of the molecule is Fc1cc2c(c(N3CCC3C(F)(F)F)c1)N=C(C1CC1)NS2. The molecule has 0 amide bonds. The van der Waals surface area contributed by atoms with Gasteiger partial charge >= 0.3 is 6.18 Å². The van der Waals surface area contributed by atoms with Crippen LogP contribution in [0.2, 0.25) is 0 Å². The van der Waals surface area contributed by atoms with Gasteiger partial charge in [-0.15, -0.1) is 0 Å². The maximum Gasteiger partial charge on any atom is 0.408 e. The van der Waals surface area contributed by atoms with E-state index in [-0.39, 0.29) is 18.7 Å². The minimum Gasteiger partial charge on any atom is -0.358 e. The van der Waals surface area contributed by atoms with E-state index >= 15 is 0 Å². The summed E-state index contributed by atoms with van der Waals surface area (Å²) in [5, 5.41) is 0. The molecule has 0 radical (unpaired) electrons. The number of benzene rings is 1. The number of alkyl halides is 3. The summed E-state index contributed by atoms with van der Waals surface area (Å²) in [5.41, 5.74) is 0.705. The van der Waals surface area contributed by atoms with E-state index in [1.54, 1.807) is 0 Å². The van der Waals surface area contributed by atoms with Crippen LogP contribution in [0.1, 0.15) is 19.3 Å². The first-order valence-corrected chi connectivity index (χ1v) is 7.93. The van der Waals surface area contributed by atoms with E-state index in [1.807, 2.05) is 0 Å². The van der Waals surface area contributed by atoms with Gasteiger partial charge in [0.25, 0.3) is 0 Å². The van der Waals surface area contributed by atoms with Crippen LogP contribution in [0.4, 0.5) is 28.9 Å². The number of anilines is 1. The molecule has 1 unspecified atom stereocenters. The summed E-state index contributed by atoms with van der Waals surface area (Å²) in [6.45, 7) is 0.270. The van der Waals surface area contributed by atoms with Crippen molar-refractivity contribution in [2.75, 3.05) is 11.4 Å². The number of nitrogens with zero attached hydrogens (tertiary/aromatic N) is 2. The highest BCUT2D eigenvalue weighted by Gasteiger charge is 2.49. The van der Waals surface area contributed by atoms with Crippen LogP contribution >= 0.6 is 11.9 Å². The Kier molecular flexibility index (Phi) is 3.08. The summed E-state index contributed by atoms with van der Waals surface area (Å²) in [7, 11) is 0. The van der Waals surface area contributed by atoms with Crippen molar-refractivity contribution >= 4 is 29.2 Å². The standard InChI is InChI=1S/C14H13F4N3S/c15-8-5-9(21-4-3-11(21)14(16,17)18)12-10(6-8)22-20-13(19-12)7-1-2-7/h5-7,11H,1-4H2,(H,19,20). The normalized spacial score (nSPS) is 24.3. The van der Waals surface area contributed by atoms with Crippen molar-refractivity contribution in [3.63, 3.8) is 0 Å². The summed E-state index contributed by atoms with van der Waals surface area (Å²) >= 11 is 1.23. The molecule has 0 spiro atoms. The average molecular weight is 331 g/mol. The van der Waals surface area contributed by atoms with E-state index in [1.165, 1.54) is 22.9 Å². The number of halogens is 4. The predicted octanol–water partition coefficient (Wildman–Crippen LogP) is 4.02. The molecule has 1 aromatic rings. The molecule has 2 heterocycles. The lowest BCUT2D eigenvalue weighted by molar-refractivity contribution is -0.159. The van der Waals surface area contributed by atoms with Crippen molar-refractivity contribution in [3.05, 3.63) is 17.9 Å². The first-order valence-electron chi connectivity index (χ1n) is 7.12. The molecule has 4 rings (SSSR count). The molecule has 3 nitrogen and oxygen atoms in total. The van der Waals surface area contributed by atoms with Crippen molar-refractivity contribution in [1.29, 1.82) is 0 Å². The summed E-state index contributed by atoms with van der Waals surface area (Å²) in [5.74, 6) is 0.601. The van der Waals surface area contributed by atoms with Gasteiger partial charge in [-0.25, -0.2) is 9.38 Å². The van der Waals surface area contributed by atoms with Crippen LogP contribution in [-0.4, -0.2) is 24.6 Å². The van der Waals surface area contributed by atoms with E-state index in [9.17, 15) is 17.6 Å². The Bertz CT molecular complexity index is 654. The Hall–Kier alpha value is -1.44. The molecule has 1 aliphatic carbocycles. The lowest BCUT2D eigenvalue weighted by atomic mass is 10.0. The minimum absolute atomic E-state index is 0.0410. The Balaban J connectivity index is 1.75. The van der Waals surface area contributed by atoms with E-state index in [0.29, 0.717) is 16.5 Å². The number of nitrogens with one attached hydrogen (secondary N) is 1. The average Bonchev–Trinajstić information content (AvgIpc) is 3.19. The second-order valence-corrected chi connectivity index (χ2v) is 6.63. The zero-order chi connectivity index (χ0) is 15.5. The Morgan fingerprint density at radius 1 is 1.23 bits per heavy atom. The number of rotatable bonds is 2. The minimum atomic E-state index is -4.31. The molecule has 2 aliphatic heterocycles. The summed E-state index contributed by atoms with van der Waals surface area (Å²) in [6, 6.07) is 0.931. The Morgan fingerprint density at radius 2 is 2.00 bits per heavy atom. The van der Waals surface area contributed by atoms with Crippen LogP contribution < -0.4 is 9.62 Å². The van der Waals surface area contributed by atoms with Gasteiger partial charge in [-0.1, -0.05) is 0 Å². The molecule has 2 fully saturated rings. The molecule has 1 N–H and O–H groups in total. The van der Waals surface area contributed by atoms with Crippen molar-refractivity contribution in [2.24, 2.45) is 10.9 Å². The summed E-state index contributed by atoms with van der Waals surface area (Å²) < 4.78 is 55.8. The zero-order valence-electron chi connectivity index (χ0n) is 11.5. The fraction of sp³-hybridized carbons (Fsp3) is 0.500. The zero-order valence-corrected chi connectivity index (χ0v) is 12.3. The first kappa shape index (κ1) is 14.2. The van der Waals surface area contributed by atoms with Gasteiger partial charge in [0.1, 0.15) is 23.4 Å². The maximum atomic E-state index is 13.8. The fourth-order valence-corrected chi connectivity index (χ4v) is 3.61. The molecule has 1 atom stereocenters. The lowest BCUT2D eigenvalue weighted by Gasteiger charge is -2.44. The summed E-state index contributed by atoms with van der Waals surface area (Å²) in [6.07, 6.45) is -2.19. The monoisotopic (exact) mass is 331 g/mol.